The number of halogens is 5. The number of nitrogens with one attached hydrogen (secondary N) is 2. The monoisotopic (exact) mass is 530 g/mol. The summed E-state index contributed by atoms with van der Waals surface area (Å²) in [5.74, 6) is -0.389. The molecule has 0 spiro atoms. The van der Waals surface area contributed by atoms with Crippen molar-refractivity contribution in [3.8, 4) is 0 Å². The number of rotatable bonds is 6. The predicted octanol–water partition coefficient (Wildman–Crippen LogP) is 5.90. The van der Waals surface area contributed by atoms with Gasteiger partial charge in [-0.2, -0.15) is 13.2 Å². The van der Waals surface area contributed by atoms with Crippen molar-refractivity contribution in [2.24, 2.45) is 5.92 Å². The van der Waals surface area contributed by atoms with Gasteiger partial charge >= 0.3 is 12.2 Å². The number of piperazine rings is 1. The van der Waals surface area contributed by atoms with Crippen molar-refractivity contribution >= 4 is 46.5 Å². The molecular formula is C24H27Cl2F3N4O2. The fourth-order valence-electron chi connectivity index (χ4n) is 3.84. The largest absolute Gasteiger partial charge is 0.416 e. The first kappa shape index (κ1) is 26.9. The number of carbonyl (C=O) groups is 2. The summed E-state index contributed by atoms with van der Waals surface area (Å²) >= 11 is 12.1. The Morgan fingerprint density at radius 2 is 1.71 bits per heavy atom. The van der Waals surface area contributed by atoms with Gasteiger partial charge in [-0.1, -0.05) is 55.6 Å². The van der Waals surface area contributed by atoms with Crippen LogP contribution in [-0.4, -0.2) is 49.1 Å². The smallest absolute Gasteiger partial charge is 0.368 e. The van der Waals surface area contributed by atoms with Crippen molar-refractivity contribution in [1.82, 2.24) is 10.2 Å². The Morgan fingerprint density at radius 3 is 2.34 bits per heavy atom. The van der Waals surface area contributed by atoms with E-state index < -0.39 is 23.8 Å². The van der Waals surface area contributed by atoms with Crippen molar-refractivity contribution in [2.45, 2.75) is 32.5 Å². The summed E-state index contributed by atoms with van der Waals surface area (Å²) in [5, 5.41) is 5.86. The molecule has 3 amide bonds. The van der Waals surface area contributed by atoms with Gasteiger partial charge in [0.05, 0.1) is 21.3 Å². The van der Waals surface area contributed by atoms with Crippen LogP contribution in [0, 0.1) is 5.92 Å². The van der Waals surface area contributed by atoms with Crippen molar-refractivity contribution in [1.29, 1.82) is 0 Å². The molecule has 0 aromatic heterocycles. The first-order valence-corrected chi connectivity index (χ1v) is 12.0. The molecule has 1 saturated heterocycles. The van der Waals surface area contributed by atoms with Gasteiger partial charge in [-0.05, 0) is 36.2 Å². The molecule has 11 heteroatoms. The number of hydrogen-bond donors (Lipinski definition) is 2. The molecule has 1 heterocycles. The molecule has 0 saturated carbocycles. The van der Waals surface area contributed by atoms with Crippen LogP contribution in [0.1, 0.15) is 25.8 Å². The number of benzene rings is 2. The minimum Gasteiger partial charge on any atom is -0.368 e. The van der Waals surface area contributed by atoms with E-state index >= 15 is 0 Å². The molecule has 2 unspecified atom stereocenters. The van der Waals surface area contributed by atoms with E-state index in [1.54, 1.807) is 29.2 Å². The van der Waals surface area contributed by atoms with E-state index in [0.717, 1.165) is 12.1 Å². The average molecular weight is 531 g/mol. The first-order valence-electron chi connectivity index (χ1n) is 11.2. The van der Waals surface area contributed by atoms with Gasteiger partial charge in [-0.3, -0.25) is 4.79 Å². The SMILES string of the molecule is CCC(C)C(NC(=O)Nc1cccc(Cl)c1Cl)C(=O)N1CCN(c2cccc(C(F)(F)F)c2)CC1. The lowest BCUT2D eigenvalue weighted by atomic mass is 9.97. The van der Waals surface area contributed by atoms with E-state index in [0.29, 0.717) is 44.0 Å². The molecule has 0 radical (unpaired) electrons. The standard InChI is InChI=1S/C24H27Cl2F3N4O2/c1-3-15(2)21(31-23(35)30-19-9-5-8-18(25)20(19)26)22(34)33-12-10-32(11-13-33)17-7-4-6-16(14-17)24(27,28)29/h4-9,14-15,21H,3,10-13H2,1-2H3,(H2,30,31,35). The van der Waals surface area contributed by atoms with Gasteiger partial charge in [0, 0.05) is 31.9 Å². The Labute approximate surface area is 212 Å². The lowest BCUT2D eigenvalue weighted by molar-refractivity contribution is -0.137. The van der Waals surface area contributed by atoms with Gasteiger partial charge in [0.15, 0.2) is 0 Å². The Kier molecular flexibility index (Phi) is 8.77. The van der Waals surface area contributed by atoms with Crippen LogP contribution in [0.4, 0.5) is 29.3 Å². The van der Waals surface area contributed by atoms with Gasteiger partial charge in [0.2, 0.25) is 5.91 Å². The molecule has 2 N–H and O–H groups in total. The molecule has 6 nitrogen and oxygen atoms in total. The Morgan fingerprint density at radius 1 is 1.06 bits per heavy atom. The van der Waals surface area contributed by atoms with Gasteiger partial charge in [-0.15, -0.1) is 0 Å². The van der Waals surface area contributed by atoms with Crippen LogP contribution >= 0.6 is 23.2 Å². The fourth-order valence-corrected chi connectivity index (χ4v) is 4.19. The Balaban J connectivity index is 1.64. The summed E-state index contributed by atoms with van der Waals surface area (Å²) in [4.78, 5) is 29.4. The van der Waals surface area contributed by atoms with Crippen molar-refractivity contribution in [3.05, 3.63) is 58.1 Å². The van der Waals surface area contributed by atoms with Crippen LogP contribution in [-0.2, 0) is 11.0 Å². The van der Waals surface area contributed by atoms with Crippen molar-refractivity contribution in [3.63, 3.8) is 0 Å². The minimum absolute atomic E-state index is 0.149. The minimum atomic E-state index is -4.42. The summed E-state index contributed by atoms with van der Waals surface area (Å²) in [5.41, 5.74) is 0.0726. The van der Waals surface area contributed by atoms with Gasteiger partial charge in [0.1, 0.15) is 6.04 Å². The predicted molar refractivity (Wildman–Crippen MR) is 132 cm³/mol. The van der Waals surface area contributed by atoms with E-state index in [1.807, 2.05) is 18.7 Å². The number of alkyl halides is 3. The topological polar surface area (TPSA) is 64.7 Å². The number of amides is 3. The third-order valence-electron chi connectivity index (χ3n) is 6.10. The maximum Gasteiger partial charge on any atom is 0.416 e. The van der Waals surface area contributed by atoms with E-state index in [1.165, 1.54) is 6.07 Å². The molecule has 0 bridgehead atoms. The van der Waals surface area contributed by atoms with Crippen molar-refractivity contribution < 1.29 is 22.8 Å². The summed E-state index contributed by atoms with van der Waals surface area (Å²) < 4.78 is 39.2. The molecule has 2 atom stereocenters. The Bertz CT molecular complexity index is 1060. The number of anilines is 2. The maximum atomic E-state index is 13.3. The summed E-state index contributed by atoms with van der Waals surface area (Å²) in [6, 6.07) is 8.63. The quantitative estimate of drug-likeness (QED) is 0.488. The Hall–Kier alpha value is -2.65. The molecule has 190 valence electrons. The summed E-state index contributed by atoms with van der Waals surface area (Å²) in [7, 11) is 0. The van der Waals surface area contributed by atoms with Crippen LogP contribution in [0.2, 0.25) is 10.0 Å². The normalized spacial score (nSPS) is 16.0. The van der Waals surface area contributed by atoms with Gasteiger partial charge < -0.3 is 20.4 Å². The molecule has 1 fully saturated rings. The van der Waals surface area contributed by atoms with Crippen LogP contribution in [0.15, 0.2) is 42.5 Å². The molecule has 0 aliphatic carbocycles. The zero-order valence-corrected chi connectivity index (χ0v) is 20.8. The van der Waals surface area contributed by atoms with Crippen LogP contribution < -0.4 is 15.5 Å². The highest BCUT2D eigenvalue weighted by Crippen LogP contribution is 2.32. The third-order valence-corrected chi connectivity index (χ3v) is 6.91. The second-order valence-corrected chi connectivity index (χ2v) is 9.21. The number of urea groups is 1. The highest BCUT2D eigenvalue weighted by atomic mass is 35.5. The molecular weight excluding hydrogens is 504 g/mol. The van der Waals surface area contributed by atoms with E-state index in [-0.39, 0.29) is 21.9 Å². The zero-order chi connectivity index (χ0) is 25.8. The van der Waals surface area contributed by atoms with Crippen LogP contribution in [0.3, 0.4) is 0 Å². The highest BCUT2D eigenvalue weighted by molar-refractivity contribution is 6.43. The first-order chi connectivity index (χ1) is 16.5. The number of hydrogen-bond acceptors (Lipinski definition) is 3. The number of nitrogens with zero attached hydrogens (tertiary/aromatic N) is 2. The summed E-state index contributed by atoms with van der Waals surface area (Å²) in [6.07, 6.45) is -3.77. The summed E-state index contributed by atoms with van der Waals surface area (Å²) in [6.45, 7) is 5.20. The second-order valence-electron chi connectivity index (χ2n) is 8.42. The van der Waals surface area contributed by atoms with E-state index in [2.05, 4.69) is 10.6 Å². The highest BCUT2D eigenvalue weighted by Gasteiger charge is 2.33. The molecule has 2 aromatic carbocycles. The zero-order valence-electron chi connectivity index (χ0n) is 19.3. The van der Waals surface area contributed by atoms with E-state index in [4.69, 9.17) is 23.2 Å². The average Bonchev–Trinajstić information content (AvgIpc) is 2.84. The maximum absolute atomic E-state index is 13.3. The van der Waals surface area contributed by atoms with Crippen LogP contribution in [0.5, 0.6) is 0 Å². The number of carbonyl (C=O) groups excluding carboxylic acids is 2. The molecule has 1 aliphatic heterocycles. The van der Waals surface area contributed by atoms with Gasteiger partial charge in [-0.25, -0.2) is 4.79 Å². The lowest BCUT2D eigenvalue weighted by Gasteiger charge is -2.38. The molecule has 2 aromatic rings. The van der Waals surface area contributed by atoms with Crippen LogP contribution in [0.25, 0.3) is 0 Å². The molecule has 1 aliphatic rings. The van der Waals surface area contributed by atoms with E-state index in [9.17, 15) is 22.8 Å². The third kappa shape index (κ3) is 6.73. The molecule has 35 heavy (non-hydrogen) atoms. The molecule has 3 rings (SSSR count). The van der Waals surface area contributed by atoms with Crippen molar-refractivity contribution in [2.75, 3.05) is 36.4 Å². The van der Waals surface area contributed by atoms with Gasteiger partial charge in [0.25, 0.3) is 0 Å². The lowest BCUT2D eigenvalue weighted by Crippen LogP contribution is -2.57. The second kappa shape index (κ2) is 11.4. The fraction of sp³-hybridized carbons (Fsp3) is 0.417.